The second-order valence-electron chi connectivity index (χ2n) is 4.28. The van der Waals surface area contributed by atoms with Crippen LogP contribution in [-0.2, 0) is 6.54 Å². The molecule has 0 atom stereocenters. The fraction of sp³-hybridized carbons (Fsp3) is 0.462. The molecular weight excluding hydrogens is 214 g/mol. The van der Waals surface area contributed by atoms with Crippen LogP contribution >= 0.6 is 0 Å². The summed E-state index contributed by atoms with van der Waals surface area (Å²) in [5.41, 5.74) is 3.37. The molecule has 0 fully saturated rings. The minimum absolute atomic E-state index is 0.279. The molecule has 0 amide bonds. The third-order valence-corrected chi connectivity index (χ3v) is 2.76. The fourth-order valence-corrected chi connectivity index (χ4v) is 1.89. The van der Waals surface area contributed by atoms with Crippen molar-refractivity contribution < 1.29 is 5.11 Å². The highest BCUT2D eigenvalue weighted by molar-refractivity contribution is 5.75. The first-order valence-electron chi connectivity index (χ1n) is 6.06. The van der Waals surface area contributed by atoms with Crippen LogP contribution in [0.15, 0.2) is 18.2 Å². The third kappa shape index (κ3) is 3.28. The zero-order valence-electron chi connectivity index (χ0n) is 10.2. The molecule has 1 heterocycles. The molecule has 0 aliphatic carbocycles. The smallest absolute Gasteiger partial charge is 0.104 e. The Bertz CT molecular complexity index is 478. The van der Waals surface area contributed by atoms with Gasteiger partial charge in [0.2, 0.25) is 0 Å². The number of hydrogen-bond acceptors (Lipinski definition) is 3. The van der Waals surface area contributed by atoms with E-state index in [-0.39, 0.29) is 6.61 Å². The number of H-pyrrole nitrogens is 1. The van der Waals surface area contributed by atoms with E-state index >= 15 is 0 Å². The largest absolute Gasteiger partial charge is 0.396 e. The number of fused-ring (bicyclic) bond motifs is 1. The van der Waals surface area contributed by atoms with Crippen LogP contribution in [0.1, 0.15) is 24.2 Å². The van der Waals surface area contributed by atoms with Crippen molar-refractivity contribution in [1.29, 1.82) is 0 Å². The summed E-state index contributed by atoms with van der Waals surface area (Å²) in [5.74, 6) is 0.952. The topological polar surface area (TPSA) is 60.9 Å². The summed E-state index contributed by atoms with van der Waals surface area (Å²) in [7, 11) is 0. The van der Waals surface area contributed by atoms with Crippen molar-refractivity contribution in [2.45, 2.75) is 26.3 Å². The molecule has 0 aliphatic rings. The van der Waals surface area contributed by atoms with Crippen LogP contribution in [-0.4, -0.2) is 28.2 Å². The fourth-order valence-electron chi connectivity index (χ4n) is 1.89. The van der Waals surface area contributed by atoms with Gasteiger partial charge in [-0.05, 0) is 44.0 Å². The molecule has 0 bridgehead atoms. The van der Waals surface area contributed by atoms with E-state index in [4.69, 9.17) is 5.11 Å². The maximum Gasteiger partial charge on any atom is 0.104 e. The van der Waals surface area contributed by atoms with E-state index in [0.717, 1.165) is 42.8 Å². The van der Waals surface area contributed by atoms with Crippen LogP contribution in [0.5, 0.6) is 0 Å². The summed E-state index contributed by atoms with van der Waals surface area (Å²) < 4.78 is 0. The van der Waals surface area contributed by atoms with Gasteiger partial charge in [-0.25, -0.2) is 4.98 Å². The van der Waals surface area contributed by atoms with E-state index in [2.05, 4.69) is 27.4 Å². The van der Waals surface area contributed by atoms with Gasteiger partial charge in [0.15, 0.2) is 0 Å². The predicted molar refractivity (Wildman–Crippen MR) is 68.9 cm³/mol. The van der Waals surface area contributed by atoms with Crippen molar-refractivity contribution in [2.75, 3.05) is 13.2 Å². The maximum atomic E-state index is 8.66. The average Bonchev–Trinajstić information content (AvgIpc) is 2.68. The number of nitrogens with zero attached hydrogens (tertiary/aromatic N) is 1. The van der Waals surface area contributed by atoms with E-state index in [1.165, 1.54) is 5.56 Å². The van der Waals surface area contributed by atoms with Gasteiger partial charge in [0.1, 0.15) is 5.82 Å². The Morgan fingerprint density at radius 2 is 2.24 bits per heavy atom. The number of aryl methyl sites for hydroxylation is 1. The number of aliphatic hydroxyl groups is 1. The first-order valence-corrected chi connectivity index (χ1v) is 6.06. The molecule has 1 aromatic heterocycles. The summed E-state index contributed by atoms with van der Waals surface area (Å²) in [6, 6.07) is 6.28. The van der Waals surface area contributed by atoms with E-state index in [1.54, 1.807) is 0 Å². The molecule has 3 N–H and O–H groups in total. The molecule has 0 aliphatic heterocycles. The van der Waals surface area contributed by atoms with E-state index in [1.807, 2.05) is 13.0 Å². The zero-order valence-corrected chi connectivity index (χ0v) is 10.2. The molecule has 2 rings (SSSR count). The van der Waals surface area contributed by atoms with Gasteiger partial charge < -0.3 is 15.4 Å². The van der Waals surface area contributed by atoms with Gasteiger partial charge in [-0.15, -0.1) is 0 Å². The standard InChI is InChI=1S/C13H19N3O/c1-10-15-12-5-4-11(8-13(12)16-10)9-14-6-2-3-7-17/h4-5,8,14,17H,2-3,6-7,9H2,1H3,(H,15,16). The zero-order chi connectivity index (χ0) is 12.1. The molecule has 0 saturated carbocycles. The predicted octanol–water partition coefficient (Wildman–Crippen LogP) is 1.73. The second kappa shape index (κ2) is 5.80. The molecule has 4 nitrogen and oxygen atoms in total. The van der Waals surface area contributed by atoms with Crippen LogP contribution in [0, 0.1) is 6.92 Å². The number of aliphatic hydroxyl groups excluding tert-OH is 1. The number of imidazole rings is 1. The molecule has 1 aromatic carbocycles. The molecule has 92 valence electrons. The van der Waals surface area contributed by atoms with Gasteiger partial charge in [-0.3, -0.25) is 0 Å². The molecular formula is C13H19N3O. The van der Waals surface area contributed by atoms with Crippen molar-refractivity contribution in [3.05, 3.63) is 29.6 Å². The Morgan fingerprint density at radius 3 is 3.06 bits per heavy atom. The highest BCUT2D eigenvalue weighted by Gasteiger charge is 2.00. The number of hydrogen-bond donors (Lipinski definition) is 3. The van der Waals surface area contributed by atoms with Crippen LogP contribution in [0.3, 0.4) is 0 Å². The lowest BCUT2D eigenvalue weighted by Gasteiger charge is -2.04. The van der Waals surface area contributed by atoms with Crippen LogP contribution in [0.4, 0.5) is 0 Å². The summed E-state index contributed by atoms with van der Waals surface area (Å²) in [6.45, 7) is 4.05. The Kier molecular flexibility index (Phi) is 4.12. The summed E-state index contributed by atoms with van der Waals surface area (Å²) in [6.07, 6.45) is 1.88. The maximum absolute atomic E-state index is 8.66. The highest BCUT2D eigenvalue weighted by Crippen LogP contribution is 2.13. The van der Waals surface area contributed by atoms with Gasteiger partial charge in [0.05, 0.1) is 11.0 Å². The van der Waals surface area contributed by atoms with Crippen molar-refractivity contribution in [1.82, 2.24) is 15.3 Å². The van der Waals surface area contributed by atoms with Gasteiger partial charge in [0, 0.05) is 13.2 Å². The Balaban J connectivity index is 1.90. The monoisotopic (exact) mass is 233 g/mol. The Hall–Kier alpha value is -1.39. The Morgan fingerprint density at radius 1 is 1.35 bits per heavy atom. The van der Waals surface area contributed by atoms with Gasteiger partial charge in [-0.2, -0.15) is 0 Å². The normalized spacial score (nSPS) is 11.2. The quantitative estimate of drug-likeness (QED) is 0.666. The van der Waals surface area contributed by atoms with Crippen LogP contribution < -0.4 is 5.32 Å². The van der Waals surface area contributed by atoms with Crippen molar-refractivity contribution in [3.8, 4) is 0 Å². The molecule has 4 heteroatoms. The van der Waals surface area contributed by atoms with Crippen LogP contribution in [0.25, 0.3) is 11.0 Å². The number of aromatic nitrogens is 2. The average molecular weight is 233 g/mol. The van der Waals surface area contributed by atoms with E-state index in [0.29, 0.717) is 0 Å². The molecule has 0 radical (unpaired) electrons. The highest BCUT2D eigenvalue weighted by atomic mass is 16.2. The minimum atomic E-state index is 0.279. The van der Waals surface area contributed by atoms with Gasteiger partial charge >= 0.3 is 0 Å². The number of benzene rings is 1. The minimum Gasteiger partial charge on any atom is -0.396 e. The number of aromatic amines is 1. The summed E-state index contributed by atoms with van der Waals surface area (Å²) in [5, 5.41) is 12.0. The Labute approximate surface area is 101 Å². The first-order chi connectivity index (χ1) is 8.29. The van der Waals surface area contributed by atoms with Gasteiger partial charge in [-0.1, -0.05) is 6.07 Å². The summed E-state index contributed by atoms with van der Waals surface area (Å²) in [4.78, 5) is 7.61. The lowest BCUT2D eigenvalue weighted by Crippen LogP contribution is -2.14. The van der Waals surface area contributed by atoms with E-state index in [9.17, 15) is 0 Å². The number of unbranched alkanes of at least 4 members (excludes halogenated alkanes) is 1. The van der Waals surface area contributed by atoms with Crippen molar-refractivity contribution >= 4 is 11.0 Å². The third-order valence-electron chi connectivity index (χ3n) is 2.76. The van der Waals surface area contributed by atoms with E-state index < -0.39 is 0 Å². The number of nitrogens with one attached hydrogen (secondary N) is 2. The molecule has 0 spiro atoms. The SMILES string of the molecule is Cc1nc2ccc(CNCCCCO)cc2[nH]1. The lowest BCUT2D eigenvalue weighted by atomic mass is 10.2. The lowest BCUT2D eigenvalue weighted by molar-refractivity contribution is 0.283. The second-order valence-corrected chi connectivity index (χ2v) is 4.28. The van der Waals surface area contributed by atoms with Crippen molar-refractivity contribution in [3.63, 3.8) is 0 Å². The number of rotatable bonds is 6. The van der Waals surface area contributed by atoms with Crippen molar-refractivity contribution in [2.24, 2.45) is 0 Å². The molecule has 2 aromatic rings. The van der Waals surface area contributed by atoms with Gasteiger partial charge in [0.25, 0.3) is 0 Å². The summed E-state index contributed by atoms with van der Waals surface area (Å²) >= 11 is 0. The molecule has 0 unspecified atom stereocenters. The molecule has 17 heavy (non-hydrogen) atoms. The first kappa shape index (κ1) is 12.1. The molecule has 0 saturated heterocycles. The van der Waals surface area contributed by atoms with Crippen LogP contribution in [0.2, 0.25) is 0 Å².